The van der Waals surface area contributed by atoms with Crippen LogP contribution in [0.4, 0.5) is 9.18 Å². The van der Waals surface area contributed by atoms with Crippen LogP contribution in [-0.2, 0) is 11.3 Å². The zero-order valence-corrected chi connectivity index (χ0v) is 10.1. The predicted molar refractivity (Wildman–Crippen MR) is 66.0 cm³/mol. The number of carbonyl (C=O) groups excluding carboxylic acids is 1. The summed E-state index contributed by atoms with van der Waals surface area (Å²) in [6, 6.07) is 9.37. The molecule has 1 unspecified atom stereocenters. The molecular weight excluding hydrogens is 235 g/mol. The fourth-order valence-corrected chi connectivity index (χ4v) is 1.87. The largest absolute Gasteiger partial charge is 0.445 e. The summed E-state index contributed by atoms with van der Waals surface area (Å²) >= 11 is 0. The maximum Gasteiger partial charge on any atom is 0.407 e. The Morgan fingerprint density at radius 2 is 2.22 bits per heavy atom. The smallest absolute Gasteiger partial charge is 0.407 e. The second-order valence-electron chi connectivity index (χ2n) is 4.49. The molecule has 0 aliphatic carbocycles. The molecule has 1 aromatic carbocycles. The van der Waals surface area contributed by atoms with Gasteiger partial charge < -0.3 is 15.4 Å². The van der Waals surface area contributed by atoms with Crippen molar-refractivity contribution in [1.29, 1.82) is 0 Å². The minimum Gasteiger partial charge on any atom is -0.445 e. The van der Waals surface area contributed by atoms with Crippen LogP contribution in [0, 0.1) is 0 Å². The lowest BCUT2D eigenvalue weighted by molar-refractivity contribution is 0.125. The molecule has 5 heteroatoms. The zero-order valence-electron chi connectivity index (χ0n) is 10.1. The molecule has 1 saturated heterocycles. The minimum atomic E-state index is -1.34. The van der Waals surface area contributed by atoms with Crippen molar-refractivity contribution >= 4 is 6.09 Å². The third kappa shape index (κ3) is 3.70. The van der Waals surface area contributed by atoms with E-state index in [0.29, 0.717) is 13.0 Å². The lowest BCUT2D eigenvalue weighted by atomic mass is 10.1. The van der Waals surface area contributed by atoms with Crippen molar-refractivity contribution in [2.24, 2.45) is 0 Å². The molecule has 1 atom stereocenters. The molecule has 0 spiro atoms. The van der Waals surface area contributed by atoms with Crippen molar-refractivity contribution in [3.05, 3.63) is 35.9 Å². The average molecular weight is 252 g/mol. The molecule has 98 valence electrons. The molecule has 1 aromatic rings. The molecule has 2 rings (SSSR count). The highest BCUT2D eigenvalue weighted by Gasteiger charge is 2.33. The second kappa shape index (κ2) is 5.82. The van der Waals surface area contributed by atoms with Crippen LogP contribution < -0.4 is 10.6 Å². The van der Waals surface area contributed by atoms with Gasteiger partial charge in [0, 0.05) is 6.54 Å². The van der Waals surface area contributed by atoms with Gasteiger partial charge >= 0.3 is 6.09 Å². The minimum absolute atomic E-state index is 0.00633. The Bertz CT molecular complexity index is 391. The van der Waals surface area contributed by atoms with Crippen molar-refractivity contribution in [3.63, 3.8) is 0 Å². The van der Waals surface area contributed by atoms with Gasteiger partial charge in [-0.25, -0.2) is 9.18 Å². The molecule has 0 saturated carbocycles. The van der Waals surface area contributed by atoms with Gasteiger partial charge in [-0.15, -0.1) is 0 Å². The molecule has 0 bridgehead atoms. The Kier molecular flexibility index (Phi) is 4.15. The number of halogens is 1. The van der Waals surface area contributed by atoms with E-state index in [-0.39, 0.29) is 19.7 Å². The van der Waals surface area contributed by atoms with Crippen LogP contribution in [0.25, 0.3) is 0 Å². The fourth-order valence-electron chi connectivity index (χ4n) is 1.87. The number of alkyl halides is 1. The number of amides is 1. The number of alkyl carbamates (subject to hydrolysis) is 1. The van der Waals surface area contributed by atoms with E-state index in [1.807, 2.05) is 30.3 Å². The van der Waals surface area contributed by atoms with Crippen LogP contribution in [-0.4, -0.2) is 31.4 Å². The fraction of sp³-hybridized carbons (Fsp3) is 0.462. The summed E-state index contributed by atoms with van der Waals surface area (Å²) in [7, 11) is 0. The van der Waals surface area contributed by atoms with E-state index in [9.17, 15) is 9.18 Å². The van der Waals surface area contributed by atoms with E-state index in [2.05, 4.69) is 10.6 Å². The van der Waals surface area contributed by atoms with Crippen molar-refractivity contribution in [1.82, 2.24) is 10.6 Å². The van der Waals surface area contributed by atoms with Gasteiger partial charge in [0.25, 0.3) is 0 Å². The molecule has 1 aliphatic rings. The molecule has 1 amide bonds. The van der Waals surface area contributed by atoms with Crippen LogP contribution in [0.15, 0.2) is 30.3 Å². The number of hydrogen-bond acceptors (Lipinski definition) is 3. The van der Waals surface area contributed by atoms with Crippen molar-refractivity contribution in [3.8, 4) is 0 Å². The second-order valence-corrected chi connectivity index (χ2v) is 4.49. The molecular formula is C13H17FN2O2. The van der Waals surface area contributed by atoms with E-state index < -0.39 is 11.8 Å². The summed E-state index contributed by atoms with van der Waals surface area (Å²) in [6.45, 7) is 1.13. The van der Waals surface area contributed by atoms with Crippen molar-refractivity contribution in [2.45, 2.75) is 18.7 Å². The van der Waals surface area contributed by atoms with Gasteiger partial charge in [0.1, 0.15) is 12.3 Å². The quantitative estimate of drug-likeness (QED) is 0.856. The van der Waals surface area contributed by atoms with Gasteiger partial charge in [0.05, 0.1) is 6.54 Å². The van der Waals surface area contributed by atoms with E-state index in [1.165, 1.54) is 0 Å². The average Bonchev–Trinajstić information content (AvgIpc) is 2.83. The lowest BCUT2D eigenvalue weighted by Crippen LogP contribution is -2.41. The van der Waals surface area contributed by atoms with E-state index in [1.54, 1.807) is 0 Å². The molecule has 1 aliphatic heterocycles. The van der Waals surface area contributed by atoms with Gasteiger partial charge in [-0.05, 0) is 18.5 Å². The van der Waals surface area contributed by atoms with E-state index >= 15 is 0 Å². The van der Waals surface area contributed by atoms with Gasteiger partial charge in [-0.1, -0.05) is 30.3 Å². The normalized spacial score (nSPS) is 22.7. The van der Waals surface area contributed by atoms with Crippen LogP contribution in [0.1, 0.15) is 12.0 Å². The standard InChI is InChI=1S/C13H17FN2O2/c14-13(6-7-15-9-13)10-16-12(17)18-8-11-4-2-1-3-5-11/h1-5,15H,6-10H2,(H,16,17). The number of nitrogens with one attached hydrogen (secondary N) is 2. The molecule has 0 aromatic heterocycles. The molecule has 2 N–H and O–H groups in total. The Morgan fingerprint density at radius 1 is 1.44 bits per heavy atom. The van der Waals surface area contributed by atoms with Crippen molar-refractivity contribution in [2.75, 3.05) is 19.6 Å². The van der Waals surface area contributed by atoms with E-state index in [4.69, 9.17) is 4.74 Å². The van der Waals surface area contributed by atoms with Gasteiger partial charge in [-0.2, -0.15) is 0 Å². The van der Waals surface area contributed by atoms with Gasteiger partial charge in [-0.3, -0.25) is 0 Å². The molecule has 18 heavy (non-hydrogen) atoms. The van der Waals surface area contributed by atoms with Gasteiger partial charge in [0.15, 0.2) is 0 Å². The maximum atomic E-state index is 13.9. The maximum absolute atomic E-state index is 13.9. The first-order chi connectivity index (χ1) is 8.68. The highest BCUT2D eigenvalue weighted by Crippen LogP contribution is 2.18. The van der Waals surface area contributed by atoms with Gasteiger partial charge in [0.2, 0.25) is 0 Å². The Labute approximate surface area is 106 Å². The SMILES string of the molecule is O=C(NCC1(F)CCNC1)OCc1ccccc1. The van der Waals surface area contributed by atoms with Crippen LogP contribution in [0.3, 0.4) is 0 Å². The summed E-state index contributed by atoms with van der Waals surface area (Å²) in [5.41, 5.74) is -0.434. The predicted octanol–water partition coefficient (Wildman–Crippen LogP) is 1.61. The summed E-state index contributed by atoms with van der Waals surface area (Å²) in [5.74, 6) is 0. The summed E-state index contributed by atoms with van der Waals surface area (Å²) < 4.78 is 18.9. The first-order valence-corrected chi connectivity index (χ1v) is 6.02. The summed E-state index contributed by atoms with van der Waals surface area (Å²) in [4.78, 5) is 11.4. The molecule has 1 heterocycles. The highest BCUT2D eigenvalue weighted by molar-refractivity contribution is 5.67. The highest BCUT2D eigenvalue weighted by atomic mass is 19.1. The topological polar surface area (TPSA) is 50.4 Å². The third-order valence-electron chi connectivity index (χ3n) is 2.95. The number of rotatable bonds is 4. The van der Waals surface area contributed by atoms with Crippen LogP contribution in [0.5, 0.6) is 0 Å². The first-order valence-electron chi connectivity index (χ1n) is 6.02. The van der Waals surface area contributed by atoms with Crippen molar-refractivity contribution < 1.29 is 13.9 Å². The lowest BCUT2D eigenvalue weighted by Gasteiger charge is -2.18. The van der Waals surface area contributed by atoms with E-state index in [0.717, 1.165) is 5.56 Å². The number of ether oxygens (including phenoxy) is 1. The molecule has 4 nitrogen and oxygen atoms in total. The summed E-state index contributed by atoms with van der Waals surface area (Å²) in [6.07, 6.45) is -0.158. The Hall–Kier alpha value is -1.62. The third-order valence-corrected chi connectivity index (χ3v) is 2.95. The number of benzene rings is 1. The molecule has 0 radical (unpaired) electrons. The van der Waals surface area contributed by atoms with Crippen LogP contribution >= 0.6 is 0 Å². The summed E-state index contributed by atoms with van der Waals surface area (Å²) in [5, 5.41) is 5.39. The number of hydrogen-bond donors (Lipinski definition) is 2. The Morgan fingerprint density at radius 3 is 2.89 bits per heavy atom. The Balaban J connectivity index is 1.69. The zero-order chi connectivity index (χ0) is 12.8. The first kappa shape index (κ1) is 12.8. The van der Waals surface area contributed by atoms with Crippen LogP contribution in [0.2, 0.25) is 0 Å². The molecule has 1 fully saturated rings. The monoisotopic (exact) mass is 252 g/mol. The number of carbonyl (C=O) groups is 1.